The Morgan fingerprint density at radius 1 is 1.44 bits per heavy atom. The fourth-order valence-electron chi connectivity index (χ4n) is 1.27. The second-order valence-electron chi connectivity index (χ2n) is 3.21. The number of aromatic amines is 1. The largest absolute Gasteiger partial charge is 0.399 e. The van der Waals surface area contributed by atoms with Crippen LogP contribution >= 0.6 is 11.6 Å². The fourth-order valence-corrected chi connectivity index (χ4v) is 1.51. The van der Waals surface area contributed by atoms with Crippen molar-refractivity contribution in [2.24, 2.45) is 0 Å². The van der Waals surface area contributed by atoms with Crippen LogP contribution in [0.2, 0.25) is 5.02 Å². The molecule has 0 saturated heterocycles. The number of amides is 1. The molecule has 82 valence electrons. The molecule has 1 aromatic carbocycles. The summed E-state index contributed by atoms with van der Waals surface area (Å²) in [5.41, 5.74) is 7.03. The smallest absolute Gasteiger partial charge is 0.255 e. The van der Waals surface area contributed by atoms with Crippen LogP contribution < -0.4 is 11.1 Å². The molecule has 0 fully saturated rings. The lowest BCUT2D eigenvalue weighted by atomic mass is 10.2. The van der Waals surface area contributed by atoms with Gasteiger partial charge in [-0.3, -0.25) is 9.89 Å². The van der Waals surface area contributed by atoms with Crippen LogP contribution in [0, 0.1) is 0 Å². The minimum Gasteiger partial charge on any atom is -0.399 e. The molecule has 2 rings (SSSR count). The zero-order valence-electron chi connectivity index (χ0n) is 8.20. The number of halogens is 1. The van der Waals surface area contributed by atoms with Gasteiger partial charge in [0.1, 0.15) is 0 Å². The summed E-state index contributed by atoms with van der Waals surface area (Å²) in [4.78, 5) is 11.7. The van der Waals surface area contributed by atoms with Gasteiger partial charge in [-0.2, -0.15) is 5.10 Å². The number of aromatic nitrogens is 2. The van der Waals surface area contributed by atoms with Crippen molar-refractivity contribution < 1.29 is 4.79 Å². The topological polar surface area (TPSA) is 83.8 Å². The van der Waals surface area contributed by atoms with Gasteiger partial charge in [-0.25, -0.2) is 0 Å². The molecule has 6 heteroatoms. The lowest BCUT2D eigenvalue weighted by Crippen LogP contribution is -2.11. The number of benzene rings is 1. The zero-order valence-corrected chi connectivity index (χ0v) is 8.95. The molecule has 1 aromatic heterocycles. The van der Waals surface area contributed by atoms with E-state index in [0.29, 0.717) is 22.0 Å². The van der Waals surface area contributed by atoms with Gasteiger partial charge in [0, 0.05) is 22.5 Å². The second-order valence-corrected chi connectivity index (χ2v) is 3.65. The molecule has 0 atom stereocenters. The van der Waals surface area contributed by atoms with Crippen molar-refractivity contribution in [3.05, 3.63) is 41.2 Å². The van der Waals surface area contributed by atoms with Gasteiger partial charge >= 0.3 is 0 Å². The number of nitrogens with zero attached hydrogens (tertiary/aromatic N) is 1. The summed E-state index contributed by atoms with van der Waals surface area (Å²) in [5.74, 6) is -0.282. The van der Waals surface area contributed by atoms with E-state index >= 15 is 0 Å². The number of carbonyl (C=O) groups excluding carboxylic acids is 1. The number of H-pyrrole nitrogens is 1. The summed E-state index contributed by atoms with van der Waals surface area (Å²) in [7, 11) is 0. The first-order valence-corrected chi connectivity index (χ1v) is 4.89. The molecule has 16 heavy (non-hydrogen) atoms. The van der Waals surface area contributed by atoms with Crippen molar-refractivity contribution in [3.63, 3.8) is 0 Å². The number of hydrogen-bond acceptors (Lipinski definition) is 3. The molecule has 4 N–H and O–H groups in total. The predicted octanol–water partition coefficient (Wildman–Crippen LogP) is 1.90. The minimum atomic E-state index is -0.282. The maximum absolute atomic E-state index is 11.7. The number of nitrogens with two attached hydrogens (primary N) is 1. The van der Waals surface area contributed by atoms with E-state index in [2.05, 4.69) is 15.5 Å². The van der Waals surface area contributed by atoms with Crippen molar-refractivity contribution in [1.82, 2.24) is 10.2 Å². The first kappa shape index (κ1) is 10.5. The third kappa shape index (κ3) is 2.32. The Bertz CT molecular complexity index is 489. The zero-order chi connectivity index (χ0) is 11.5. The van der Waals surface area contributed by atoms with Crippen molar-refractivity contribution in [2.45, 2.75) is 0 Å². The molecule has 1 amide bonds. The van der Waals surface area contributed by atoms with E-state index in [1.807, 2.05) is 0 Å². The summed E-state index contributed by atoms with van der Waals surface area (Å²) < 4.78 is 0. The average Bonchev–Trinajstić information content (AvgIpc) is 2.68. The van der Waals surface area contributed by atoms with Crippen LogP contribution in [0.15, 0.2) is 30.6 Å². The molecular weight excluding hydrogens is 228 g/mol. The Morgan fingerprint density at radius 2 is 2.25 bits per heavy atom. The minimum absolute atomic E-state index is 0.282. The third-order valence-electron chi connectivity index (χ3n) is 1.94. The standard InChI is InChI=1S/C10H9ClN4O/c11-7-1-6(2-8(12)3-7)10(16)15-9-4-13-14-5-9/h1-5H,12H2,(H,13,14)(H,15,16). The Kier molecular flexibility index (Phi) is 2.78. The highest BCUT2D eigenvalue weighted by molar-refractivity contribution is 6.31. The van der Waals surface area contributed by atoms with Crippen LogP contribution in [0.1, 0.15) is 10.4 Å². The van der Waals surface area contributed by atoms with Gasteiger partial charge in [-0.05, 0) is 18.2 Å². The van der Waals surface area contributed by atoms with Crippen LogP contribution in [0.4, 0.5) is 11.4 Å². The first-order chi connectivity index (χ1) is 7.65. The van der Waals surface area contributed by atoms with Crippen LogP contribution in [0.25, 0.3) is 0 Å². The van der Waals surface area contributed by atoms with Crippen LogP contribution in [-0.2, 0) is 0 Å². The summed E-state index contributed by atoms with van der Waals surface area (Å²) in [6.45, 7) is 0. The molecule has 0 aliphatic rings. The monoisotopic (exact) mass is 236 g/mol. The summed E-state index contributed by atoms with van der Waals surface area (Å²) in [5, 5.41) is 9.38. The van der Waals surface area contributed by atoms with Crippen molar-refractivity contribution in [1.29, 1.82) is 0 Å². The summed E-state index contributed by atoms with van der Waals surface area (Å²) in [6, 6.07) is 4.69. The van der Waals surface area contributed by atoms with Gasteiger partial charge in [0.2, 0.25) is 0 Å². The lowest BCUT2D eigenvalue weighted by Gasteiger charge is -2.04. The number of hydrogen-bond donors (Lipinski definition) is 3. The molecule has 0 aliphatic heterocycles. The van der Waals surface area contributed by atoms with E-state index in [-0.39, 0.29) is 5.91 Å². The van der Waals surface area contributed by atoms with E-state index in [4.69, 9.17) is 17.3 Å². The van der Waals surface area contributed by atoms with Gasteiger partial charge in [0.05, 0.1) is 11.9 Å². The molecule has 0 spiro atoms. The third-order valence-corrected chi connectivity index (χ3v) is 2.16. The molecule has 5 nitrogen and oxygen atoms in total. The van der Waals surface area contributed by atoms with Crippen LogP contribution in [0.5, 0.6) is 0 Å². The van der Waals surface area contributed by atoms with E-state index in [1.54, 1.807) is 24.4 Å². The van der Waals surface area contributed by atoms with E-state index in [9.17, 15) is 4.79 Å². The molecule has 0 unspecified atom stereocenters. The molecule has 0 aliphatic carbocycles. The van der Waals surface area contributed by atoms with Crippen LogP contribution in [-0.4, -0.2) is 16.1 Å². The van der Waals surface area contributed by atoms with Crippen molar-refractivity contribution >= 4 is 28.9 Å². The summed E-state index contributed by atoms with van der Waals surface area (Å²) >= 11 is 5.80. The second kappa shape index (κ2) is 4.24. The first-order valence-electron chi connectivity index (χ1n) is 4.51. The normalized spacial score (nSPS) is 10.1. The van der Waals surface area contributed by atoms with E-state index < -0.39 is 0 Å². The highest BCUT2D eigenvalue weighted by Crippen LogP contribution is 2.17. The lowest BCUT2D eigenvalue weighted by molar-refractivity contribution is 0.102. The number of nitrogens with one attached hydrogen (secondary N) is 2. The van der Waals surface area contributed by atoms with Crippen molar-refractivity contribution in [2.75, 3.05) is 11.1 Å². The molecule has 0 saturated carbocycles. The Balaban J connectivity index is 2.21. The highest BCUT2D eigenvalue weighted by atomic mass is 35.5. The molecule has 1 heterocycles. The Hall–Kier alpha value is -2.01. The van der Waals surface area contributed by atoms with Gasteiger partial charge in [0.15, 0.2) is 0 Å². The number of carbonyl (C=O) groups is 1. The van der Waals surface area contributed by atoms with E-state index in [1.165, 1.54) is 6.20 Å². The van der Waals surface area contributed by atoms with Gasteiger partial charge < -0.3 is 11.1 Å². The summed E-state index contributed by atoms with van der Waals surface area (Å²) in [6.07, 6.45) is 3.08. The average molecular weight is 237 g/mol. The van der Waals surface area contributed by atoms with Crippen molar-refractivity contribution in [3.8, 4) is 0 Å². The van der Waals surface area contributed by atoms with Gasteiger partial charge in [-0.1, -0.05) is 11.6 Å². The molecular formula is C10H9ClN4O. The molecule has 0 radical (unpaired) electrons. The molecule has 2 aromatic rings. The SMILES string of the molecule is Nc1cc(Cl)cc(C(=O)Nc2cn[nH]c2)c1. The fraction of sp³-hybridized carbons (Fsp3) is 0. The van der Waals surface area contributed by atoms with Gasteiger partial charge in [0.25, 0.3) is 5.91 Å². The maximum atomic E-state index is 11.7. The quantitative estimate of drug-likeness (QED) is 0.697. The molecule has 0 bridgehead atoms. The highest BCUT2D eigenvalue weighted by Gasteiger charge is 2.08. The number of anilines is 2. The van der Waals surface area contributed by atoms with E-state index in [0.717, 1.165) is 0 Å². The Morgan fingerprint density at radius 3 is 2.88 bits per heavy atom. The number of rotatable bonds is 2. The van der Waals surface area contributed by atoms with Crippen LogP contribution in [0.3, 0.4) is 0 Å². The number of nitrogen functional groups attached to an aromatic ring is 1. The van der Waals surface area contributed by atoms with Gasteiger partial charge in [-0.15, -0.1) is 0 Å². The maximum Gasteiger partial charge on any atom is 0.255 e. The Labute approximate surface area is 96.6 Å². The predicted molar refractivity (Wildman–Crippen MR) is 62.4 cm³/mol.